The van der Waals surface area contributed by atoms with Crippen molar-refractivity contribution < 1.29 is 8.42 Å². The zero-order valence-electron chi connectivity index (χ0n) is 11.1. The highest BCUT2D eigenvalue weighted by Crippen LogP contribution is 2.24. The lowest BCUT2D eigenvalue weighted by atomic mass is 10.1. The Kier molecular flexibility index (Phi) is 5.14. The lowest BCUT2D eigenvalue weighted by Gasteiger charge is -2.08. The molecule has 1 aromatic carbocycles. The highest BCUT2D eigenvalue weighted by molar-refractivity contribution is 8.13. The Morgan fingerprint density at radius 1 is 1.19 bits per heavy atom. The van der Waals surface area contributed by atoms with Gasteiger partial charge in [0, 0.05) is 23.6 Å². The number of rotatable bonds is 5. The van der Waals surface area contributed by atoms with Gasteiger partial charge in [-0.05, 0) is 24.1 Å². The Morgan fingerprint density at radius 3 is 2.48 bits per heavy atom. The molecule has 0 aliphatic rings. The molecule has 0 aliphatic carbocycles. The number of benzene rings is 1. The molecule has 2 aromatic rings. The normalized spacial score (nSPS) is 11.8. The Bertz CT molecular complexity index is 759. The molecule has 0 bridgehead atoms. The SMILES string of the molecule is CCCn1c(Cc2ccc(Cl)c(Cl)c2)nnc1S(=O)(=O)Cl. The summed E-state index contributed by atoms with van der Waals surface area (Å²) in [7, 11) is 1.44. The van der Waals surface area contributed by atoms with Gasteiger partial charge in [0.2, 0.25) is 0 Å². The summed E-state index contributed by atoms with van der Waals surface area (Å²) in [5.74, 6) is 0.509. The van der Waals surface area contributed by atoms with Crippen molar-refractivity contribution in [2.24, 2.45) is 0 Å². The van der Waals surface area contributed by atoms with Crippen LogP contribution in [0.3, 0.4) is 0 Å². The summed E-state index contributed by atoms with van der Waals surface area (Å²) in [4.78, 5) is 0. The first-order valence-corrected chi connectivity index (χ1v) is 9.20. The van der Waals surface area contributed by atoms with Crippen LogP contribution < -0.4 is 0 Å². The summed E-state index contributed by atoms with van der Waals surface area (Å²) in [5.41, 5.74) is 0.854. The Hall–Kier alpha value is -0.820. The minimum atomic E-state index is -3.93. The summed E-state index contributed by atoms with van der Waals surface area (Å²) < 4.78 is 24.5. The van der Waals surface area contributed by atoms with E-state index in [0.29, 0.717) is 28.8 Å². The van der Waals surface area contributed by atoms with Gasteiger partial charge in [-0.15, -0.1) is 10.2 Å². The summed E-state index contributed by atoms with van der Waals surface area (Å²) in [6.45, 7) is 2.39. The molecule has 2 rings (SSSR count). The first kappa shape index (κ1) is 16.5. The lowest BCUT2D eigenvalue weighted by molar-refractivity contribution is 0.558. The van der Waals surface area contributed by atoms with Gasteiger partial charge in [-0.1, -0.05) is 36.2 Å². The van der Waals surface area contributed by atoms with Crippen molar-refractivity contribution >= 4 is 42.9 Å². The average Bonchev–Trinajstić information content (AvgIpc) is 2.77. The minimum absolute atomic E-state index is 0.235. The van der Waals surface area contributed by atoms with E-state index in [1.165, 1.54) is 4.57 Å². The molecule has 0 radical (unpaired) electrons. The monoisotopic (exact) mass is 367 g/mol. The van der Waals surface area contributed by atoms with E-state index in [4.69, 9.17) is 33.9 Å². The van der Waals surface area contributed by atoms with E-state index in [2.05, 4.69) is 10.2 Å². The lowest BCUT2D eigenvalue weighted by Crippen LogP contribution is -2.10. The highest BCUT2D eigenvalue weighted by Gasteiger charge is 2.22. The molecule has 114 valence electrons. The molecule has 0 fully saturated rings. The summed E-state index contributed by atoms with van der Waals surface area (Å²) in [6, 6.07) is 5.19. The molecule has 0 unspecified atom stereocenters. The van der Waals surface area contributed by atoms with Crippen LogP contribution in [-0.4, -0.2) is 23.2 Å². The van der Waals surface area contributed by atoms with Crippen LogP contribution in [0.25, 0.3) is 0 Å². The Labute approximate surface area is 137 Å². The average molecular weight is 369 g/mol. The molecule has 0 saturated heterocycles. The van der Waals surface area contributed by atoms with Crippen molar-refractivity contribution in [2.45, 2.75) is 31.5 Å². The quantitative estimate of drug-likeness (QED) is 0.758. The van der Waals surface area contributed by atoms with Gasteiger partial charge in [0.25, 0.3) is 14.2 Å². The first-order chi connectivity index (χ1) is 9.82. The topological polar surface area (TPSA) is 64.8 Å². The van der Waals surface area contributed by atoms with Crippen molar-refractivity contribution in [3.05, 3.63) is 39.6 Å². The number of aromatic nitrogens is 3. The third kappa shape index (κ3) is 3.88. The third-order valence-electron chi connectivity index (χ3n) is 2.80. The fourth-order valence-electron chi connectivity index (χ4n) is 1.91. The molecule has 0 saturated carbocycles. The minimum Gasteiger partial charge on any atom is -0.301 e. The van der Waals surface area contributed by atoms with E-state index in [0.717, 1.165) is 12.0 Å². The number of halogens is 3. The zero-order valence-corrected chi connectivity index (χ0v) is 14.1. The summed E-state index contributed by atoms with van der Waals surface area (Å²) in [6.07, 6.45) is 1.11. The molecule has 0 amide bonds. The fraction of sp³-hybridized carbons (Fsp3) is 0.333. The van der Waals surface area contributed by atoms with Crippen molar-refractivity contribution in [1.29, 1.82) is 0 Å². The van der Waals surface area contributed by atoms with Crippen molar-refractivity contribution in [3.8, 4) is 0 Å². The molecule has 1 heterocycles. The van der Waals surface area contributed by atoms with Crippen molar-refractivity contribution in [2.75, 3.05) is 0 Å². The van der Waals surface area contributed by atoms with Crippen molar-refractivity contribution in [3.63, 3.8) is 0 Å². The number of nitrogens with zero attached hydrogens (tertiary/aromatic N) is 3. The van der Waals surface area contributed by atoms with Crippen molar-refractivity contribution in [1.82, 2.24) is 14.8 Å². The second kappa shape index (κ2) is 6.52. The van der Waals surface area contributed by atoms with Gasteiger partial charge in [0.15, 0.2) is 0 Å². The van der Waals surface area contributed by atoms with Crippen LogP contribution in [0, 0.1) is 0 Å². The third-order valence-corrected chi connectivity index (χ3v) is 4.70. The summed E-state index contributed by atoms with van der Waals surface area (Å²) >= 11 is 11.8. The molecule has 5 nitrogen and oxygen atoms in total. The van der Waals surface area contributed by atoms with Crippen LogP contribution in [0.4, 0.5) is 0 Å². The van der Waals surface area contributed by atoms with Crippen LogP contribution in [0.15, 0.2) is 23.4 Å². The van der Waals surface area contributed by atoms with E-state index >= 15 is 0 Å². The second-order valence-corrected chi connectivity index (χ2v) is 7.69. The fourth-order valence-corrected chi connectivity index (χ4v) is 3.17. The molecule has 0 N–H and O–H groups in total. The van der Waals surface area contributed by atoms with Crippen LogP contribution in [-0.2, 0) is 22.0 Å². The maximum atomic E-state index is 11.5. The van der Waals surface area contributed by atoms with Crippen LogP contribution >= 0.6 is 33.9 Å². The maximum Gasteiger partial charge on any atom is 0.296 e. The zero-order chi connectivity index (χ0) is 15.6. The molecule has 0 aliphatic heterocycles. The standard InChI is InChI=1S/C12H12Cl3N3O2S/c1-2-5-18-11(16-17-12(18)21(15,19)20)7-8-3-4-9(13)10(14)6-8/h3-4,6H,2,5,7H2,1H3. The van der Waals surface area contributed by atoms with Gasteiger partial charge in [-0.3, -0.25) is 0 Å². The van der Waals surface area contributed by atoms with Crippen LogP contribution in [0.5, 0.6) is 0 Å². The molecule has 0 atom stereocenters. The molecular weight excluding hydrogens is 357 g/mol. The molecule has 9 heteroatoms. The van der Waals surface area contributed by atoms with Gasteiger partial charge in [0.1, 0.15) is 5.82 Å². The van der Waals surface area contributed by atoms with Gasteiger partial charge in [0.05, 0.1) is 10.0 Å². The number of hydrogen-bond acceptors (Lipinski definition) is 4. The predicted molar refractivity (Wildman–Crippen MR) is 82.6 cm³/mol. The highest BCUT2D eigenvalue weighted by atomic mass is 35.7. The summed E-state index contributed by atoms with van der Waals surface area (Å²) in [5, 5.41) is 8.25. The van der Waals surface area contributed by atoms with E-state index in [9.17, 15) is 8.42 Å². The predicted octanol–water partition coefficient (Wildman–Crippen LogP) is 3.51. The van der Waals surface area contributed by atoms with Crippen LogP contribution in [0.1, 0.15) is 24.7 Å². The van der Waals surface area contributed by atoms with Gasteiger partial charge in [-0.2, -0.15) is 0 Å². The van der Waals surface area contributed by atoms with Gasteiger partial charge in [-0.25, -0.2) is 8.42 Å². The van der Waals surface area contributed by atoms with E-state index in [-0.39, 0.29) is 5.16 Å². The number of hydrogen-bond donors (Lipinski definition) is 0. The van der Waals surface area contributed by atoms with Gasteiger partial charge < -0.3 is 4.57 Å². The van der Waals surface area contributed by atoms with E-state index in [1.54, 1.807) is 18.2 Å². The van der Waals surface area contributed by atoms with Crippen LogP contribution in [0.2, 0.25) is 10.0 Å². The molecule has 0 spiro atoms. The van der Waals surface area contributed by atoms with E-state index in [1.807, 2.05) is 6.92 Å². The molecular formula is C12H12Cl3N3O2S. The first-order valence-electron chi connectivity index (χ1n) is 6.13. The second-order valence-electron chi connectivity index (χ2n) is 4.41. The van der Waals surface area contributed by atoms with E-state index < -0.39 is 9.05 Å². The smallest absolute Gasteiger partial charge is 0.296 e. The molecule has 21 heavy (non-hydrogen) atoms. The largest absolute Gasteiger partial charge is 0.301 e. The Morgan fingerprint density at radius 2 is 1.90 bits per heavy atom. The molecule has 1 aromatic heterocycles. The van der Waals surface area contributed by atoms with Gasteiger partial charge >= 0.3 is 0 Å². The maximum absolute atomic E-state index is 11.5. The Balaban J connectivity index is 2.40.